The molecule has 1 N–H and O–H groups in total. The predicted molar refractivity (Wildman–Crippen MR) is 109 cm³/mol. The largest absolute Gasteiger partial charge is 0.493 e. The molecule has 1 aromatic heterocycles. The summed E-state index contributed by atoms with van der Waals surface area (Å²) < 4.78 is 13.7. The minimum Gasteiger partial charge on any atom is -0.493 e. The Morgan fingerprint density at radius 1 is 1.19 bits per heavy atom. The number of nitrogens with one attached hydrogen (secondary N) is 1. The van der Waals surface area contributed by atoms with Gasteiger partial charge in [0.15, 0.2) is 18.2 Å². The molecular formula is C21H28N3O2S+. The Labute approximate surface area is 166 Å². The van der Waals surface area contributed by atoms with Crippen LogP contribution < -0.4 is 14.4 Å². The number of aromatic nitrogens is 1. The van der Waals surface area contributed by atoms with Crippen LogP contribution in [-0.4, -0.2) is 25.3 Å². The number of benzene rings is 1. The molecule has 2 aromatic rings. The molecule has 0 spiro atoms. The second-order valence-corrected chi connectivity index (χ2v) is 7.15. The summed E-state index contributed by atoms with van der Waals surface area (Å²) in [6.45, 7) is 10.1. The summed E-state index contributed by atoms with van der Waals surface area (Å²) in [6, 6.07) is 8.29. The molecule has 0 aliphatic carbocycles. The zero-order valence-corrected chi connectivity index (χ0v) is 17.8. The van der Waals surface area contributed by atoms with Gasteiger partial charge in [-0.1, -0.05) is 12.2 Å². The molecule has 0 radical (unpaired) electrons. The van der Waals surface area contributed by atoms with Crippen molar-refractivity contribution in [1.29, 1.82) is 5.26 Å². The van der Waals surface area contributed by atoms with Crippen molar-refractivity contribution in [2.24, 2.45) is 0 Å². The van der Waals surface area contributed by atoms with Crippen LogP contribution in [0.1, 0.15) is 34.9 Å². The quantitative estimate of drug-likeness (QED) is 0.743. The second kappa shape index (κ2) is 9.03. The van der Waals surface area contributed by atoms with Crippen LogP contribution in [0.15, 0.2) is 18.2 Å². The van der Waals surface area contributed by atoms with Gasteiger partial charge in [-0.15, -0.1) is 0 Å². The third-order valence-electron chi connectivity index (χ3n) is 4.92. The fourth-order valence-electron chi connectivity index (χ4n) is 3.20. The Balaban J connectivity index is 2.27. The van der Waals surface area contributed by atoms with E-state index in [1.165, 1.54) is 4.90 Å². The molecule has 1 heterocycles. The third kappa shape index (κ3) is 4.49. The molecule has 0 aliphatic heterocycles. The lowest BCUT2D eigenvalue weighted by molar-refractivity contribution is -0.917. The molecule has 5 nitrogen and oxygen atoms in total. The molecule has 0 aliphatic rings. The number of pyridine rings is 1. The summed E-state index contributed by atoms with van der Waals surface area (Å²) in [4.78, 5) is 1.26. The summed E-state index contributed by atoms with van der Waals surface area (Å²) in [5, 5.41) is 9.47. The molecule has 27 heavy (non-hydrogen) atoms. The van der Waals surface area contributed by atoms with Gasteiger partial charge in [0.05, 0.1) is 26.3 Å². The van der Waals surface area contributed by atoms with E-state index in [2.05, 4.69) is 30.7 Å². The highest BCUT2D eigenvalue weighted by Gasteiger charge is 2.15. The van der Waals surface area contributed by atoms with E-state index in [0.29, 0.717) is 23.5 Å². The molecule has 1 unspecified atom stereocenters. The highest BCUT2D eigenvalue weighted by Crippen LogP contribution is 2.27. The van der Waals surface area contributed by atoms with Crippen LogP contribution in [0.4, 0.5) is 0 Å². The van der Waals surface area contributed by atoms with Gasteiger partial charge in [-0.05, 0) is 57.0 Å². The van der Waals surface area contributed by atoms with Gasteiger partial charge in [-0.2, -0.15) is 5.26 Å². The van der Waals surface area contributed by atoms with Crippen LogP contribution in [0.5, 0.6) is 11.5 Å². The lowest BCUT2D eigenvalue weighted by Crippen LogP contribution is -3.07. The molecule has 1 aromatic carbocycles. The van der Waals surface area contributed by atoms with Gasteiger partial charge in [0.25, 0.3) is 0 Å². The van der Waals surface area contributed by atoms with Crippen LogP contribution in [0.25, 0.3) is 0 Å². The molecule has 0 fully saturated rings. The maximum atomic E-state index is 9.47. The van der Waals surface area contributed by atoms with Crippen molar-refractivity contribution in [3.63, 3.8) is 0 Å². The van der Waals surface area contributed by atoms with Crippen molar-refractivity contribution in [3.8, 4) is 17.6 Å². The minimum absolute atomic E-state index is 0.601. The topological polar surface area (TPSA) is 51.6 Å². The van der Waals surface area contributed by atoms with Crippen molar-refractivity contribution in [3.05, 3.63) is 50.8 Å². The summed E-state index contributed by atoms with van der Waals surface area (Å²) in [5.41, 5.74) is 4.96. The third-order valence-corrected chi connectivity index (χ3v) is 5.34. The number of hydrogen-bond acceptors (Lipinski definition) is 4. The van der Waals surface area contributed by atoms with Crippen molar-refractivity contribution in [2.75, 3.05) is 20.8 Å². The minimum atomic E-state index is 0.601. The van der Waals surface area contributed by atoms with Crippen molar-refractivity contribution in [1.82, 2.24) is 4.57 Å². The van der Waals surface area contributed by atoms with Crippen molar-refractivity contribution < 1.29 is 14.4 Å². The first-order chi connectivity index (χ1) is 12.8. The summed E-state index contributed by atoms with van der Waals surface area (Å²) in [5.74, 6) is 1.50. The Morgan fingerprint density at radius 2 is 1.89 bits per heavy atom. The molecule has 0 saturated carbocycles. The maximum Gasteiger partial charge on any atom is 0.161 e. The van der Waals surface area contributed by atoms with Crippen LogP contribution in [0.3, 0.4) is 0 Å². The number of nitrogens with zero attached hydrogens (tertiary/aromatic N) is 2. The van der Waals surface area contributed by atoms with Crippen LogP contribution in [0, 0.1) is 36.7 Å². The lowest BCUT2D eigenvalue weighted by Gasteiger charge is -2.21. The SMILES string of the molecule is CCOc1ccc(C[NH+](C)Cn2c(C)c(C)c(C)c(C#N)c2=S)cc1OC. The van der Waals surface area contributed by atoms with E-state index in [9.17, 15) is 5.26 Å². The molecular weight excluding hydrogens is 358 g/mol. The highest BCUT2D eigenvalue weighted by molar-refractivity contribution is 7.71. The Morgan fingerprint density at radius 3 is 2.48 bits per heavy atom. The van der Waals surface area contributed by atoms with Crippen molar-refractivity contribution in [2.45, 2.75) is 40.9 Å². The summed E-state index contributed by atoms with van der Waals surface area (Å²) in [6.07, 6.45) is 0. The van der Waals surface area contributed by atoms with E-state index < -0.39 is 0 Å². The average Bonchev–Trinajstić information content (AvgIpc) is 2.65. The van der Waals surface area contributed by atoms with E-state index in [-0.39, 0.29) is 0 Å². The Bertz CT molecular complexity index is 928. The maximum absolute atomic E-state index is 9.47. The van der Waals surface area contributed by atoms with Crippen LogP contribution in [-0.2, 0) is 13.2 Å². The monoisotopic (exact) mass is 386 g/mol. The van der Waals surface area contributed by atoms with E-state index in [0.717, 1.165) is 40.4 Å². The first-order valence-electron chi connectivity index (χ1n) is 9.05. The fourth-order valence-corrected chi connectivity index (χ4v) is 3.60. The summed E-state index contributed by atoms with van der Waals surface area (Å²) in [7, 11) is 3.77. The van der Waals surface area contributed by atoms with E-state index >= 15 is 0 Å². The molecule has 1 atom stereocenters. The molecule has 0 saturated heterocycles. The Kier molecular flexibility index (Phi) is 7.00. The van der Waals surface area contributed by atoms with Crippen LogP contribution in [0.2, 0.25) is 0 Å². The van der Waals surface area contributed by atoms with Gasteiger partial charge < -0.3 is 14.4 Å². The smallest absolute Gasteiger partial charge is 0.161 e. The predicted octanol–water partition coefficient (Wildman–Crippen LogP) is 3.09. The number of methoxy groups -OCH3 is 1. The zero-order valence-electron chi connectivity index (χ0n) is 17.0. The van der Waals surface area contributed by atoms with Gasteiger partial charge in [0.1, 0.15) is 17.3 Å². The summed E-state index contributed by atoms with van der Waals surface area (Å²) >= 11 is 5.59. The van der Waals surface area contributed by atoms with Crippen molar-refractivity contribution >= 4 is 12.2 Å². The van der Waals surface area contributed by atoms with E-state index in [4.69, 9.17) is 21.7 Å². The first kappa shape index (κ1) is 20.9. The molecule has 2 rings (SSSR count). The second-order valence-electron chi connectivity index (χ2n) is 6.77. The van der Waals surface area contributed by atoms with Crippen LogP contribution >= 0.6 is 12.2 Å². The molecule has 144 valence electrons. The number of rotatable bonds is 7. The van der Waals surface area contributed by atoms with Gasteiger partial charge >= 0.3 is 0 Å². The number of nitriles is 1. The molecule has 0 amide bonds. The molecule has 0 bridgehead atoms. The van der Waals surface area contributed by atoms with Gasteiger partial charge in [-0.3, -0.25) is 4.57 Å². The zero-order chi connectivity index (χ0) is 20.1. The number of hydrogen-bond donors (Lipinski definition) is 1. The fraction of sp³-hybridized carbons (Fsp3) is 0.429. The average molecular weight is 387 g/mol. The standard InChI is InChI=1S/C21H27N3O2S/c1-7-26-19-9-8-17(10-20(19)25-6)12-23(5)13-24-16(4)14(2)15(3)18(11-22)21(24)27/h8-10H,7,12-13H2,1-6H3/p+1. The van der Waals surface area contributed by atoms with Gasteiger partial charge in [0, 0.05) is 11.3 Å². The van der Waals surface area contributed by atoms with E-state index in [1.807, 2.05) is 32.9 Å². The van der Waals surface area contributed by atoms with E-state index in [1.54, 1.807) is 7.11 Å². The number of ether oxygens (including phenoxy) is 2. The Hall–Kier alpha value is -2.36. The first-order valence-corrected chi connectivity index (χ1v) is 9.46. The number of quaternary nitrogens is 1. The highest BCUT2D eigenvalue weighted by atomic mass is 32.1. The lowest BCUT2D eigenvalue weighted by atomic mass is 10.0. The van der Waals surface area contributed by atoms with Gasteiger partial charge in [-0.25, -0.2) is 0 Å². The van der Waals surface area contributed by atoms with Gasteiger partial charge in [0.2, 0.25) is 0 Å². The molecule has 6 heteroatoms. The normalized spacial score (nSPS) is 11.7.